The van der Waals surface area contributed by atoms with Crippen LogP contribution in [-0.4, -0.2) is 6.54 Å². The maximum atomic E-state index is 13.6. The minimum Gasteiger partial charge on any atom is -0.310 e. The predicted octanol–water partition coefficient (Wildman–Crippen LogP) is 3.42. The molecule has 1 aliphatic carbocycles. The van der Waals surface area contributed by atoms with Crippen molar-refractivity contribution in [2.75, 3.05) is 6.54 Å². The summed E-state index contributed by atoms with van der Waals surface area (Å²) in [5, 5.41) is 3.23. The van der Waals surface area contributed by atoms with Crippen molar-refractivity contribution < 1.29 is 8.78 Å². The van der Waals surface area contributed by atoms with E-state index in [-0.39, 0.29) is 6.04 Å². The molecule has 0 heterocycles. The third kappa shape index (κ3) is 2.59. The van der Waals surface area contributed by atoms with Gasteiger partial charge in [-0.1, -0.05) is 31.9 Å². The molecule has 0 aliphatic heterocycles. The number of hydrogen-bond acceptors (Lipinski definition) is 1. The lowest BCUT2D eigenvalue weighted by molar-refractivity contribution is 0.439. The van der Waals surface area contributed by atoms with E-state index in [1.54, 1.807) is 12.1 Å². The number of rotatable bonds is 5. The summed E-state index contributed by atoms with van der Waals surface area (Å²) in [4.78, 5) is 0. The van der Waals surface area contributed by atoms with Gasteiger partial charge in [0.25, 0.3) is 0 Å². The molecule has 2 rings (SSSR count). The summed E-state index contributed by atoms with van der Waals surface area (Å²) in [6.45, 7) is 2.75. The third-order valence-corrected chi connectivity index (χ3v) is 3.07. The highest BCUT2D eigenvalue weighted by Crippen LogP contribution is 2.38. The van der Waals surface area contributed by atoms with Crippen molar-refractivity contribution >= 4 is 0 Å². The quantitative estimate of drug-likeness (QED) is 0.809. The van der Waals surface area contributed by atoms with Gasteiger partial charge < -0.3 is 5.32 Å². The molecule has 0 saturated heterocycles. The van der Waals surface area contributed by atoms with Crippen molar-refractivity contribution in [3.63, 3.8) is 0 Å². The summed E-state index contributed by atoms with van der Waals surface area (Å²) < 4.78 is 26.8. The highest BCUT2D eigenvalue weighted by molar-refractivity contribution is 5.22. The van der Waals surface area contributed by atoms with Gasteiger partial charge in [-0.3, -0.25) is 0 Å². The topological polar surface area (TPSA) is 12.0 Å². The molecule has 1 aromatic rings. The maximum Gasteiger partial charge on any atom is 0.163 e. The zero-order valence-corrected chi connectivity index (χ0v) is 9.47. The number of nitrogens with one attached hydrogen (secondary N) is 1. The predicted molar refractivity (Wildman–Crippen MR) is 60.1 cm³/mol. The van der Waals surface area contributed by atoms with Crippen LogP contribution in [0.3, 0.4) is 0 Å². The molecule has 16 heavy (non-hydrogen) atoms. The van der Waals surface area contributed by atoms with Crippen molar-refractivity contribution in [2.45, 2.75) is 32.2 Å². The first-order chi connectivity index (χ1) is 7.72. The molecule has 0 amide bonds. The third-order valence-electron chi connectivity index (χ3n) is 3.07. The smallest absolute Gasteiger partial charge is 0.163 e. The average molecular weight is 225 g/mol. The Kier molecular flexibility index (Phi) is 3.54. The minimum absolute atomic E-state index is 0.0480. The van der Waals surface area contributed by atoms with Gasteiger partial charge in [-0.2, -0.15) is 0 Å². The lowest BCUT2D eigenvalue weighted by Crippen LogP contribution is -2.22. The van der Waals surface area contributed by atoms with Crippen LogP contribution in [0.5, 0.6) is 0 Å². The van der Waals surface area contributed by atoms with Crippen LogP contribution in [0, 0.1) is 17.6 Å². The van der Waals surface area contributed by atoms with E-state index >= 15 is 0 Å². The molecule has 1 aromatic carbocycles. The number of hydrogen-bond donors (Lipinski definition) is 1. The van der Waals surface area contributed by atoms with Crippen LogP contribution in [0.2, 0.25) is 0 Å². The number of halogens is 2. The molecule has 1 unspecified atom stereocenters. The molecule has 3 heteroatoms. The van der Waals surface area contributed by atoms with Gasteiger partial charge in [0.05, 0.1) is 0 Å². The molecule has 1 nitrogen and oxygen atoms in total. The highest BCUT2D eigenvalue weighted by atomic mass is 19.2. The molecule has 0 radical (unpaired) electrons. The first-order valence-corrected chi connectivity index (χ1v) is 5.89. The van der Waals surface area contributed by atoms with Crippen LogP contribution in [-0.2, 0) is 0 Å². The van der Waals surface area contributed by atoms with Crippen LogP contribution in [0.4, 0.5) is 8.78 Å². The van der Waals surface area contributed by atoms with Gasteiger partial charge >= 0.3 is 0 Å². The highest BCUT2D eigenvalue weighted by Gasteiger charge is 2.27. The second-order valence-electron chi connectivity index (χ2n) is 4.43. The Balaban J connectivity index is 2.18. The fourth-order valence-corrected chi connectivity index (χ4v) is 2.04. The Labute approximate surface area is 94.9 Å². The van der Waals surface area contributed by atoms with Crippen molar-refractivity contribution in [1.29, 1.82) is 0 Å². The second-order valence-corrected chi connectivity index (χ2v) is 4.43. The maximum absolute atomic E-state index is 13.6. The summed E-state index contributed by atoms with van der Waals surface area (Å²) in [6, 6.07) is 4.37. The molecule has 1 saturated carbocycles. The van der Waals surface area contributed by atoms with Crippen molar-refractivity contribution in [2.24, 2.45) is 5.92 Å². The van der Waals surface area contributed by atoms with E-state index in [1.807, 2.05) is 6.92 Å². The molecular weight excluding hydrogens is 208 g/mol. The number of benzene rings is 1. The van der Waals surface area contributed by atoms with Crippen molar-refractivity contribution in [3.8, 4) is 0 Å². The molecule has 0 bridgehead atoms. The van der Waals surface area contributed by atoms with Gasteiger partial charge in [-0.25, -0.2) is 8.78 Å². The Bertz CT molecular complexity index is 361. The lowest BCUT2D eigenvalue weighted by atomic mass is 10.0. The molecule has 0 spiro atoms. The summed E-state index contributed by atoms with van der Waals surface area (Å²) >= 11 is 0. The van der Waals surface area contributed by atoms with Gasteiger partial charge in [-0.15, -0.1) is 0 Å². The van der Waals surface area contributed by atoms with Crippen LogP contribution in [0.1, 0.15) is 37.8 Å². The first-order valence-electron chi connectivity index (χ1n) is 5.89. The standard InChI is InChI=1S/C13H17F2N/c1-2-16-12(8-9-6-7-9)10-4-3-5-11(14)13(10)15/h3-5,9,12,16H,2,6-8H2,1H3. The second kappa shape index (κ2) is 4.91. The summed E-state index contributed by atoms with van der Waals surface area (Å²) in [6.07, 6.45) is 3.35. The molecule has 0 aromatic heterocycles. The van der Waals surface area contributed by atoms with Crippen LogP contribution in [0.15, 0.2) is 18.2 Å². The molecule has 1 N–H and O–H groups in total. The SMILES string of the molecule is CCNC(CC1CC1)c1cccc(F)c1F. The van der Waals surface area contributed by atoms with E-state index in [0.717, 1.165) is 13.0 Å². The van der Waals surface area contributed by atoms with Gasteiger partial charge in [0.1, 0.15) is 0 Å². The van der Waals surface area contributed by atoms with E-state index in [0.29, 0.717) is 11.5 Å². The molecular formula is C13H17F2N. The van der Waals surface area contributed by atoms with Crippen molar-refractivity contribution in [1.82, 2.24) is 5.32 Å². The van der Waals surface area contributed by atoms with E-state index in [2.05, 4.69) is 5.32 Å². The van der Waals surface area contributed by atoms with E-state index < -0.39 is 11.6 Å². The summed E-state index contributed by atoms with van der Waals surface area (Å²) in [5.74, 6) is -0.767. The van der Waals surface area contributed by atoms with Crippen LogP contribution < -0.4 is 5.32 Å². The van der Waals surface area contributed by atoms with Gasteiger partial charge in [-0.05, 0) is 24.9 Å². The van der Waals surface area contributed by atoms with Gasteiger partial charge in [0.15, 0.2) is 11.6 Å². The zero-order chi connectivity index (χ0) is 11.5. The van der Waals surface area contributed by atoms with E-state index in [4.69, 9.17) is 0 Å². The largest absolute Gasteiger partial charge is 0.310 e. The van der Waals surface area contributed by atoms with Gasteiger partial charge in [0, 0.05) is 11.6 Å². The summed E-state index contributed by atoms with van der Waals surface area (Å²) in [5.41, 5.74) is 0.466. The fraction of sp³-hybridized carbons (Fsp3) is 0.538. The molecule has 88 valence electrons. The monoisotopic (exact) mass is 225 g/mol. The Morgan fingerprint density at radius 2 is 2.12 bits per heavy atom. The zero-order valence-electron chi connectivity index (χ0n) is 9.47. The molecule has 1 aliphatic rings. The Hall–Kier alpha value is -0.960. The Morgan fingerprint density at radius 3 is 2.75 bits per heavy atom. The van der Waals surface area contributed by atoms with Gasteiger partial charge in [0.2, 0.25) is 0 Å². The fourth-order valence-electron chi connectivity index (χ4n) is 2.04. The van der Waals surface area contributed by atoms with Crippen molar-refractivity contribution in [3.05, 3.63) is 35.4 Å². The van der Waals surface area contributed by atoms with Crippen LogP contribution in [0.25, 0.3) is 0 Å². The first kappa shape index (κ1) is 11.5. The normalized spacial score (nSPS) is 17.4. The van der Waals surface area contributed by atoms with E-state index in [1.165, 1.54) is 18.9 Å². The minimum atomic E-state index is -0.754. The van der Waals surface area contributed by atoms with Crippen LogP contribution >= 0.6 is 0 Å². The molecule has 1 fully saturated rings. The lowest BCUT2D eigenvalue weighted by Gasteiger charge is -2.18. The molecule has 1 atom stereocenters. The summed E-state index contributed by atoms with van der Waals surface area (Å²) in [7, 11) is 0. The Morgan fingerprint density at radius 1 is 1.38 bits per heavy atom. The average Bonchev–Trinajstić information content (AvgIpc) is 3.06. The van der Waals surface area contributed by atoms with E-state index in [9.17, 15) is 8.78 Å².